The number of hydrogen-bond donors (Lipinski definition) is 1. The van der Waals surface area contributed by atoms with E-state index in [9.17, 15) is 9.59 Å². The topological polar surface area (TPSA) is 49.4 Å². The van der Waals surface area contributed by atoms with Crippen LogP contribution in [0.5, 0.6) is 0 Å². The molecule has 0 unspecified atom stereocenters. The van der Waals surface area contributed by atoms with E-state index in [1.807, 2.05) is 68.6 Å². The van der Waals surface area contributed by atoms with Crippen LogP contribution < -0.4 is 10.2 Å². The SMILES string of the molecule is Cc1cc(C)c(C(=O)Nc2ccc3c(c2)N(C(=O)c2cccs2)CC3)c(C)c1. The minimum Gasteiger partial charge on any atom is -0.322 e. The molecule has 0 spiro atoms. The number of rotatable bonds is 3. The Balaban J connectivity index is 1.61. The largest absolute Gasteiger partial charge is 0.322 e. The highest BCUT2D eigenvalue weighted by molar-refractivity contribution is 7.12. The molecule has 142 valence electrons. The smallest absolute Gasteiger partial charge is 0.268 e. The van der Waals surface area contributed by atoms with E-state index in [1.165, 1.54) is 11.3 Å². The molecule has 0 radical (unpaired) electrons. The summed E-state index contributed by atoms with van der Waals surface area (Å²) in [5, 5.41) is 4.92. The van der Waals surface area contributed by atoms with Crippen molar-refractivity contribution >= 4 is 34.5 Å². The summed E-state index contributed by atoms with van der Waals surface area (Å²) in [6, 6.07) is 13.6. The van der Waals surface area contributed by atoms with Gasteiger partial charge in [0.25, 0.3) is 11.8 Å². The highest BCUT2D eigenvalue weighted by Gasteiger charge is 2.26. The maximum atomic E-state index is 12.9. The van der Waals surface area contributed by atoms with Gasteiger partial charge in [-0.1, -0.05) is 29.8 Å². The second kappa shape index (κ2) is 7.24. The molecule has 0 atom stereocenters. The van der Waals surface area contributed by atoms with Crippen LogP contribution in [0.15, 0.2) is 47.8 Å². The molecule has 4 rings (SSSR count). The van der Waals surface area contributed by atoms with Crippen molar-refractivity contribution in [2.75, 3.05) is 16.8 Å². The van der Waals surface area contributed by atoms with E-state index < -0.39 is 0 Å². The summed E-state index contributed by atoms with van der Waals surface area (Å²) in [4.78, 5) is 28.2. The standard InChI is InChI=1S/C23H22N2O2S/c1-14-11-15(2)21(16(3)12-14)22(26)24-18-7-6-17-8-9-25(19(17)13-18)23(27)20-5-4-10-28-20/h4-7,10-13H,8-9H2,1-3H3,(H,24,26). The molecule has 28 heavy (non-hydrogen) atoms. The molecule has 2 amide bonds. The lowest BCUT2D eigenvalue weighted by Gasteiger charge is -2.18. The number of fused-ring (bicyclic) bond motifs is 1. The minimum absolute atomic E-state index is 0.0162. The number of nitrogens with zero attached hydrogens (tertiary/aromatic N) is 1. The third-order valence-electron chi connectivity index (χ3n) is 5.12. The zero-order chi connectivity index (χ0) is 19.8. The van der Waals surface area contributed by atoms with Gasteiger partial charge in [0.15, 0.2) is 0 Å². The van der Waals surface area contributed by atoms with E-state index in [0.717, 1.165) is 39.2 Å². The fourth-order valence-electron chi connectivity index (χ4n) is 3.93. The van der Waals surface area contributed by atoms with Crippen molar-refractivity contribution in [3.05, 3.63) is 80.5 Å². The molecule has 3 aromatic rings. The Morgan fingerprint density at radius 1 is 1.04 bits per heavy atom. The van der Waals surface area contributed by atoms with Gasteiger partial charge in [-0.25, -0.2) is 0 Å². The van der Waals surface area contributed by atoms with Crippen molar-refractivity contribution in [3.63, 3.8) is 0 Å². The van der Waals surface area contributed by atoms with Crippen molar-refractivity contribution in [1.82, 2.24) is 0 Å². The maximum absolute atomic E-state index is 12.9. The number of carbonyl (C=O) groups excluding carboxylic acids is 2. The second-order valence-corrected chi connectivity index (χ2v) is 8.20. The van der Waals surface area contributed by atoms with Crippen LogP contribution in [0.4, 0.5) is 11.4 Å². The summed E-state index contributed by atoms with van der Waals surface area (Å²) >= 11 is 1.45. The zero-order valence-electron chi connectivity index (χ0n) is 16.2. The lowest BCUT2D eigenvalue weighted by Crippen LogP contribution is -2.28. The molecular formula is C23H22N2O2S. The molecule has 0 saturated heterocycles. The first-order valence-corrected chi connectivity index (χ1v) is 10.2. The van der Waals surface area contributed by atoms with Crippen molar-refractivity contribution < 1.29 is 9.59 Å². The summed E-state index contributed by atoms with van der Waals surface area (Å²) < 4.78 is 0. The quantitative estimate of drug-likeness (QED) is 0.674. The second-order valence-electron chi connectivity index (χ2n) is 7.26. The van der Waals surface area contributed by atoms with Crippen LogP contribution in [0.1, 0.15) is 42.3 Å². The van der Waals surface area contributed by atoms with E-state index in [-0.39, 0.29) is 11.8 Å². The van der Waals surface area contributed by atoms with Gasteiger partial charge in [-0.3, -0.25) is 9.59 Å². The zero-order valence-corrected chi connectivity index (χ0v) is 17.0. The van der Waals surface area contributed by atoms with Crippen LogP contribution in [-0.4, -0.2) is 18.4 Å². The Hall–Kier alpha value is -2.92. The normalized spacial score (nSPS) is 12.8. The van der Waals surface area contributed by atoms with Crippen molar-refractivity contribution in [1.29, 1.82) is 0 Å². The summed E-state index contributed by atoms with van der Waals surface area (Å²) in [6.07, 6.45) is 0.830. The predicted molar refractivity (Wildman–Crippen MR) is 115 cm³/mol. The first kappa shape index (κ1) is 18.4. The molecule has 0 saturated carbocycles. The van der Waals surface area contributed by atoms with Crippen LogP contribution in [-0.2, 0) is 6.42 Å². The molecule has 1 aliphatic rings. The number of hydrogen-bond acceptors (Lipinski definition) is 3. The van der Waals surface area contributed by atoms with Crippen LogP contribution in [0.2, 0.25) is 0 Å². The van der Waals surface area contributed by atoms with E-state index in [0.29, 0.717) is 17.8 Å². The molecule has 5 heteroatoms. The Kier molecular flexibility index (Phi) is 4.77. The van der Waals surface area contributed by atoms with Gasteiger partial charge >= 0.3 is 0 Å². The number of nitrogens with one attached hydrogen (secondary N) is 1. The van der Waals surface area contributed by atoms with E-state index in [2.05, 4.69) is 5.32 Å². The number of anilines is 2. The average molecular weight is 391 g/mol. The molecule has 4 nitrogen and oxygen atoms in total. The van der Waals surface area contributed by atoms with Gasteiger partial charge < -0.3 is 10.2 Å². The van der Waals surface area contributed by atoms with Crippen molar-refractivity contribution in [2.24, 2.45) is 0 Å². The Labute approximate surface area is 168 Å². The molecule has 0 bridgehead atoms. The molecule has 0 aliphatic carbocycles. The van der Waals surface area contributed by atoms with Gasteiger partial charge in [0.05, 0.1) is 4.88 Å². The predicted octanol–water partition coefficient (Wildman–Crippen LogP) is 5.13. The third-order valence-corrected chi connectivity index (χ3v) is 5.98. The number of aryl methyl sites for hydroxylation is 3. The van der Waals surface area contributed by atoms with E-state index >= 15 is 0 Å². The molecule has 2 heterocycles. The summed E-state index contributed by atoms with van der Waals surface area (Å²) in [7, 11) is 0. The lowest BCUT2D eigenvalue weighted by molar-refractivity contribution is 0.0991. The molecule has 2 aromatic carbocycles. The van der Waals surface area contributed by atoms with Gasteiger partial charge in [0.2, 0.25) is 0 Å². The van der Waals surface area contributed by atoms with E-state index in [1.54, 1.807) is 4.90 Å². The number of thiophene rings is 1. The molecular weight excluding hydrogens is 368 g/mol. The van der Waals surface area contributed by atoms with E-state index in [4.69, 9.17) is 0 Å². The number of amides is 2. The van der Waals surface area contributed by atoms with Crippen LogP contribution in [0, 0.1) is 20.8 Å². The van der Waals surface area contributed by atoms with Gasteiger partial charge in [-0.05, 0) is 67.5 Å². The average Bonchev–Trinajstić information content (AvgIpc) is 3.30. The van der Waals surface area contributed by atoms with Crippen molar-refractivity contribution in [3.8, 4) is 0 Å². The Morgan fingerprint density at radius 3 is 2.46 bits per heavy atom. The number of benzene rings is 2. The van der Waals surface area contributed by atoms with Gasteiger partial charge in [0.1, 0.15) is 0 Å². The summed E-state index contributed by atoms with van der Waals surface area (Å²) in [5.74, 6) is -0.105. The monoisotopic (exact) mass is 390 g/mol. The Bertz CT molecular complexity index is 1050. The Morgan fingerprint density at radius 2 is 1.79 bits per heavy atom. The van der Waals surface area contributed by atoms with Gasteiger partial charge in [-0.15, -0.1) is 11.3 Å². The van der Waals surface area contributed by atoms with Gasteiger partial charge in [-0.2, -0.15) is 0 Å². The van der Waals surface area contributed by atoms with Crippen LogP contribution >= 0.6 is 11.3 Å². The number of carbonyl (C=O) groups is 2. The third kappa shape index (κ3) is 3.34. The fourth-order valence-corrected chi connectivity index (χ4v) is 4.60. The van der Waals surface area contributed by atoms with Crippen molar-refractivity contribution in [2.45, 2.75) is 27.2 Å². The fraction of sp³-hybridized carbons (Fsp3) is 0.217. The summed E-state index contributed by atoms with van der Waals surface area (Å²) in [6.45, 7) is 6.61. The van der Waals surface area contributed by atoms with Gasteiger partial charge in [0, 0.05) is 23.5 Å². The van der Waals surface area contributed by atoms with Crippen LogP contribution in [0.3, 0.4) is 0 Å². The summed E-state index contributed by atoms with van der Waals surface area (Å²) in [5.41, 5.74) is 6.49. The molecule has 0 fully saturated rings. The maximum Gasteiger partial charge on any atom is 0.268 e. The highest BCUT2D eigenvalue weighted by Crippen LogP contribution is 2.33. The molecule has 1 aliphatic heterocycles. The first-order chi connectivity index (χ1) is 13.4. The molecule has 1 aromatic heterocycles. The molecule has 1 N–H and O–H groups in total. The first-order valence-electron chi connectivity index (χ1n) is 9.31. The lowest BCUT2D eigenvalue weighted by atomic mass is 9.99. The highest BCUT2D eigenvalue weighted by atomic mass is 32.1. The van der Waals surface area contributed by atoms with Crippen LogP contribution in [0.25, 0.3) is 0 Å². The minimum atomic E-state index is -0.121.